The Labute approximate surface area is 129 Å². The molecular weight excluding hydrogens is 293 g/mol. The second-order valence-corrected chi connectivity index (χ2v) is 5.57. The Morgan fingerprint density at radius 1 is 0.955 bits per heavy atom. The number of phenols is 1. The van der Waals surface area contributed by atoms with E-state index in [-0.39, 0.29) is 12.2 Å². The maximum Gasteiger partial charge on any atom is 0.449 e. The maximum absolute atomic E-state index is 12.0. The van der Waals surface area contributed by atoms with Gasteiger partial charge in [-0.05, 0) is 37.0 Å². The van der Waals surface area contributed by atoms with Gasteiger partial charge in [0.1, 0.15) is 5.75 Å². The predicted octanol–water partition coefficient (Wildman–Crippen LogP) is 5.19. The minimum Gasteiger partial charge on any atom is -0.508 e. The zero-order chi connectivity index (χ0) is 16.4. The van der Waals surface area contributed by atoms with Crippen LogP contribution in [0.2, 0.25) is 0 Å². The van der Waals surface area contributed by atoms with Gasteiger partial charge in [-0.15, -0.1) is 0 Å². The molecule has 1 N–H and O–H groups in total. The number of carbonyl (C=O) groups excluding carboxylic acids is 1. The quantitative estimate of drug-likeness (QED) is 0.603. The maximum atomic E-state index is 12.0. The fourth-order valence-electron chi connectivity index (χ4n) is 2.35. The summed E-state index contributed by atoms with van der Waals surface area (Å²) in [6, 6.07) is 7.22. The van der Waals surface area contributed by atoms with E-state index >= 15 is 0 Å². The van der Waals surface area contributed by atoms with Gasteiger partial charge in [0.2, 0.25) is 5.78 Å². The third-order valence-corrected chi connectivity index (χ3v) is 3.60. The van der Waals surface area contributed by atoms with Crippen molar-refractivity contribution < 1.29 is 23.1 Å². The Hall–Kier alpha value is -1.52. The molecule has 1 rings (SSSR count). The molecule has 0 aliphatic rings. The van der Waals surface area contributed by atoms with Crippen molar-refractivity contribution in [2.75, 3.05) is 0 Å². The first-order valence-corrected chi connectivity index (χ1v) is 7.77. The van der Waals surface area contributed by atoms with Crippen LogP contribution >= 0.6 is 0 Å². The van der Waals surface area contributed by atoms with Gasteiger partial charge in [-0.1, -0.05) is 44.2 Å². The zero-order valence-electron chi connectivity index (χ0n) is 12.7. The van der Waals surface area contributed by atoms with Crippen LogP contribution < -0.4 is 0 Å². The number of alkyl halides is 3. The van der Waals surface area contributed by atoms with E-state index in [1.807, 2.05) is 12.1 Å². The average Bonchev–Trinajstić information content (AvgIpc) is 2.44. The molecule has 0 fully saturated rings. The lowest BCUT2D eigenvalue weighted by Gasteiger charge is -2.05. The van der Waals surface area contributed by atoms with Crippen LogP contribution in [0.1, 0.15) is 56.9 Å². The summed E-state index contributed by atoms with van der Waals surface area (Å²) in [6.07, 6.45) is 1.87. The number of Topliss-reactive ketones (excluding diaryl/α,β-unsaturated/α-hetero) is 1. The second kappa shape index (κ2) is 9.49. The van der Waals surface area contributed by atoms with Gasteiger partial charge in [0.25, 0.3) is 0 Å². The molecule has 0 amide bonds. The number of aromatic hydroxyl groups is 1. The van der Waals surface area contributed by atoms with Crippen LogP contribution in [0.25, 0.3) is 0 Å². The van der Waals surface area contributed by atoms with Crippen molar-refractivity contribution in [2.24, 2.45) is 0 Å². The molecule has 0 saturated heterocycles. The van der Waals surface area contributed by atoms with Crippen molar-refractivity contribution in [3.8, 4) is 5.75 Å². The van der Waals surface area contributed by atoms with E-state index in [1.165, 1.54) is 0 Å². The molecular formula is C17H23F3O2. The van der Waals surface area contributed by atoms with Crippen LogP contribution in [0.3, 0.4) is 0 Å². The first kappa shape index (κ1) is 18.5. The molecule has 1 aromatic carbocycles. The number of phenolic OH excluding ortho intramolecular Hbond substituents is 1. The Kier molecular flexibility index (Phi) is 7.99. The monoisotopic (exact) mass is 316 g/mol. The number of hydrogen-bond acceptors (Lipinski definition) is 2. The molecule has 0 bridgehead atoms. The average molecular weight is 316 g/mol. The molecule has 0 spiro atoms. The van der Waals surface area contributed by atoms with E-state index in [2.05, 4.69) is 0 Å². The van der Waals surface area contributed by atoms with Gasteiger partial charge < -0.3 is 5.11 Å². The minimum atomic E-state index is -4.67. The molecule has 124 valence electrons. The summed E-state index contributed by atoms with van der Waals surface area (Å²) in [7, 11) is 0. The van der Waals surface area contributed by atoms with Gasteiger partial charge >= 0.3 is 6.18 Å². The van der Waals surface area contributed by atoms with Gasteiger partial charge in [0.15, 0.2) is 0 Å². The first-order chi connectivity index (χ1) is 10.4. The Morgan fingerprint density at radius 3 is 2.14 bits per heavy atom. The predicted molar refractivity (Wildman–Crippen MR) is 79.8 cm³/mol. The summed E-state index contributed by atoms with van der Waals surface area (Å²) in [5.41, 5.74) is 1.12. The third kappa shape index (κ3) is 8.05. The molecule has 5 heteroatoms. The van der Waals surface area contributed by atoms with E-state index in [4.69, 9.17) is 0 Å². The number of ketones is 1. The first-order valence-electron chi connectivity index (χ1n) is 7.77. The van der Waals surface area contributed by atoms with E-state index < -0.39 is 12.0 Å². The summed E-state index contributed by atoms with van der Waals surface area (Å²) in [6.45, 7) is 0. The highest BCUT2D eigenvalue weighted by atomic mass is 19.4. The lowest BCUT2D eigenvalue weighted by Crippen LogP contribution is -2.22. The van der Waals surface area contributed by atoms with Crippen molar-refractivity contribution in [2.45, 2.75) is 64.0 Å². The standard InChI is InChI=1S/C17H23F3O2/c18-17(19,20)16(22)12-7-5-3-1-2-4-6-9-14-10-8-11-15(21)13-14/h8,10-11,13,21H,1-7,9,12H2. The molecule has 0 aliphatic heterocycles. The number of aryl methyl sites for hydroxylation is 1. The van der Waals surface area contributed by atoms with Gasteiger partial charge in [-0.3, -0.25) is 4.79 Å². The fourth-order valence-corrected chi connectivity index (χ4v) is 2.35. The molecule has 2 nitrogen and oxygen atoms in total. The number of unbranched alkanes of at least 4 members (excludes halogenated alkanes) is 6. The minimum absolute atomic E-state index is 0.283. The molecule has 0 radical (unpaired) electrons. The van der Waals surface area contributed by atoms with Gasteiger partial charge in [-0.2, -0.15) is 13.2 Å². The van der Waals surface area contributed by atoms with Crippen LogP contribution in [0, 0.1) is 0 Å². The van der Waals surface area contributed by atoms with Crippen LogP contribution in [0.4, 0.5) is 13.2 Å². The lowest BCUT2D eigenvalue weighted by atomic mass is 10.0. The second-order valence-electron chi connectivity index (χ2n) is 5.57. The number of benzene rings is 1. The van der Waals surface area contributed by atoms with Gasteiger partial charge in [0.05, 0.1) is 0 Å². The van der Waals surface area contributed by atoms with Gasteiger partial charge in [-0.25, -0.2) is 0 Å². The molecule has 0 aliphatic carbocycles. The number of hydrogen-bond donors (Lipinski definition) is 1. The summed E-state index contributed by atoms with van der Waals surface area (Å²) < 4.78 is 35.9. The van der Waals surface area contributed by atoms with E-state index in [0.717, 1.165) is 44.1 Å². The molecule has 0 saturated carbocycles. The number of rotatable bonds is 10. The molecule has 0 atom stereocenters. The summed E-state index contributed by atoms with van der Waals surface area (Å²) in [4.78, 5) is 10.7. The summed E-state index contributed by atoms with van der Waals surface area (Å²) in [5.74, 6) is -1.33. The highest BCUT2D eigenvalue weighted by molar-refractivity contribution is 5.83. The SMILES string of the molecule is O=C(CCCCCCCCCc1cccc(O)c1)C(F)(F)F. The van der Waals surface area contributed by atoms with Gasteiger partial charge in [0, 0.05) is 6.42 Å². The van der Waals surface area contributed by atoms with Crippen LogP contribution in [-0.2, 0) is 11.2 Å². The third-order valence-electron chi connectivity index (χ3n) is 3.60. The molecule has 0 unspecified atom stereocenters. The normalized spacial score (nSPS) is 11.6. The molecule has 0 aromatic heterocycles. The Balaban J connectivity index is 1.95. The van der Waals surface area contributed by atoms with Crippen molar-refractivity contribution in [1.82, 2.24) is 0 Å². The topological polar surface area (TPSA) is 37.3 Å². The van der Waals surface area contributed by atoms with E-state index in [9.17, 15) is 23.1 Å². The Morgan fingerprint density at radius 2 is 1.55 bits per heavy atom. The van der Waals surface area contributed by atoms with Crippen molar-refractivity contribution in [3.63, 3.8) is 0 Å². The van der Waals surface area contributed by atoms with Crippen molar-refractivity contribution in [3.05, 3.63) is 29.8 Å². The van der Waals surface area contributed by atoms with E-state index in [1.54, 1.807) is 12.1 Å². The Bertz CT molecular complexity index is 455. The largest absolute Gasteiger partial charge is 0.508 e. The summed E-state index contributed by atoms with van der Waals surface area (Å²) >= 11 is 0. The van der Waals surface area contributed by atoms with Crippen LogP contribution in [0.5, 0.6) is 5.75 Å². The fraction of sp³-hybridized carbons (Fsp3) is 0.588. The number of halogens is 3. The molecule has 22 heavy (non-hydrogen) atoms. The molecule has 1 aromatic rings. The van der Waals surface area contributed by atoms with Crippen molar-refractivity contribution >= 4 is 5.78 Å². The van der Waals surface area contributed by atoms with Crippen LogP contribution in [0.15, 0.2) is 24.3 Å². The lowest BCUT2D eigenvalue weighted by molar-refractivity contribution is -0.171. The summed E-state index contributed by atoms with van der Waals surface area (Å²) in [5, 5.41) is 9.33. The smallest absolute Gasteiger partial charge is 0.449 e. The zero-order valence-corrected chi connectivity index (χ0v) is 12.7. The van der Waals surface area contributed by atoms with Crippen LogP contribution in [-0.4, -0.2) is 17.1 Å². The highest BCUT2D eigenvalue weighted by Gasteiger charge is 2.36. The number of carbonyl (C=O) groups is 1. The van der Waals surface area contributed by atoms with Crippen molar-refractivity contribution in [1.29, 1.82) is 0 Å². The highest BCUT2D eigenvalue weighted by Crippen LogP contribution is 2.20. The molecule has 0 heterocycles. The van der Waals surface area contributed by atoms with E-state index in [0.29, 0.717) is 12.8 Å².